The second-order valence-corrected chi connectivity index (χ2v) is 5.32. The van der Waals surface area contributed by atoms with Crippen molar-refractivity contribution in [3.8, 4) is 11.4 Å². The van der Waals surface area contributed by atoms with Gasteiger partial charge in [-0.05, 0) is 62.2 Å². The largest absolute Gasteiger partial charge is 0.399 e. The first-order valence-electron chi connectivity index (χ1n) is 7.04. The summed E-state index contributed by atoms with van der Waals surface area (Å²) in [6.45, 7) is 6.85. The highest BCUT2D eigenvalue weighted by Gasteiger charge is 2.15. The van der Waals surface area contributed by atoms with Crippen LogP contribution in [0.4, 0.5) is 10.1 Å². The highest BCUT2D eigenvalue weighted by atomic mass is 19.1. The fourth-order valence-electron chi connectivity index (χ4n) is 2.74. The summed E-state index contributed by atoms with van der Waals surface area (Å²) in [6, 6.07) is 8.58. The Hall–Kier alpha value is -2.36. The number of anilines is 1. The Morgan fingerprint density at radius 3 is 2.67 bits per heavy atom. The SMILES string of the molecule is CCn1c(-c2cc(N)cc(C)c2C)nc2ccc(F)cc21. The maximum Gasteiger partial charge on any atom is 0.141 e. The Kier molecular flexibility index (Phi) is 3.16. The molecule has 2 aromatic carbocycles. The maximum absolute atomic E-state index is 13.5. The topological polar surface area (TPSA) is 43.8 Å². The molecule has 21 heavy (non-hydrogen) atoms. The van der Waals surface area contributed by atoms with Crippen LogP contribution in [-0.2, 0) is 6.54 Å². The normalized spacial score (nSPS) is 11.2. The van der Waals surface area contributed by atoms with E-state index < -0.39 is 0 Å². The van der Waals surface area contributed by atoms with Gasteiger partial charge in [0.05, 0.1) is 11.0 Å². The summed E-state index contributed by atoms with van der Waals surface area (Å²) in [4.78, 5) is 4.68. The van der Waals surface area contributed by atoms with Crippen LogP contribution in [0.3, 0.4) is 0 Å². The van der Waals surface area contributed by atoms with Crippen molar-refractivity contribution < 1.29 is 4.39 Å². The van der Waals surface area contributed by atoms with Crippen molar-refractivity contribution in [3.63, 3.8) is 0 Å². The van der Waals surface area contributed by atoms with Gasteiger partial charge in [0, 0.05) is 17.8 Å². The van der Waals surface area contributed by atoms with Gasteiger partial charge in [-0.2, -0.15) is 0 Å². The lowest BCUT2D eigenvalue weighted by Gasteiger charge is -2.12. The van der Waals surface area contributed by atoms with Gasteiger partial charge in [0.1, 0.15) is 11.6 Å². The smallest absolute Gasteiger partial charge is 0.141 e. The summed E-state index contributed by atoms with van der Waals surface area (Å²) in [5.41, 5.74) is 11.6. The van der Waals surface area contributed by atoms with E-state index >= 15 is 0 Å². The number of fused-ring (bicyclic) bond motifs is 1. The van der Waals surface area contributed by atoms with Crippen LogP contribution in [0.15, 0.2) is 30.3 Å². The summed E-state index contributed by atoms with van der Waals surface area (Å²) < 4.78 is 15.5. The molecule has 3 nitrogen and oxygen atoms in total. The standard InChI is InChI=1S/C17H18FN3/c1-4-21-16-8-12(18)5-6-15(16)20-17(21)14-9-13(19)7-10(2)11(14)3/h5-9H,4,19H2,1-3H3. The first kappa shape index (κ1) is 13.6. The van der Waals surface area contributed by atoms with E-state index in [1.807, 2.05) is 30.5 Å². The number of benzene rings is 2. The molecular weight excluding hydrogens is 265 g/mol. The van der Waals surface area contributed by atoms with Crippen LogP contribution in [0.25, 0.3) is 22.4 Å². The molecule has 0 spiro atoms. The van der Waals surface area contributed by atoms with E-state index in [-0.39, 0.29) is 5.82 Å². The molecule has 0 unspecified atom stereocenters. The van der Waals surface area contributed by atoms with Crippen LogP contribution in [0, 0.1) is 19.7 Å². The van der Waals surface area contributed by atoms with Crippen molar-refractivity contribution in [2.75, 3.05) is 5.73 Å². The Balaban J connectivity index is 2.35. The fraction of sp³-hybridized carbons (Fsp3) is 0.235. The molecular formula is C17H18FN3. The number of aromatic nitrogens is 2. The number of hydrogen-bond acceptors (Lipinski definition) is 2. The summed E-state index contributed by atoms with van der Waals surface area (Å²) in [6.07, 6.45) is 0. The maximum atomic E-state index is 13.5. The minimum absolute atomic E-state index is 0.246. The zero-order valence-electron chi connectivity index (χ0n) is 12.4. The fourth-order valence-corrected chi connectivity index (χ4v) is 2.74. The Labute approximate surface area is 123 Å². The minimum Gasteiger partial charge on any atom is -0.399 e. The van der Waals surface area contributed by atoms with Gasteiger partial charge >= 0.3 is 0 Å². The zero-order chi connectivity index (χ0) is 15.1. The Bertz CT molecular complexity index is 834. The third-order valence-corrected chi connectivity index (χ3v) is 3.96. The number of halogens is 1. The lowest BCUT2D eigenvalue weighted by Crippen LogP contribution is -2.01. The number of imidazole rings is 1. The molecule has 0 bridgehead atoms. The van der Waals surface area contributed by atoms with Gasteiger partial charge in [-0.25, -0.2) is 9.37 Å². The van der Waals surface area contributed by atoms with Gasteiger partial charge in [-0.15, -0.1) is 0 Å². The highest BCUT2D eigenvalue weighted by Crippen LogP contribution is 2.30. The lowest BCUT2D eigenvalue weighted by atomic mass is 10.0. The molecule has 3 rings (SSSR count). The van der Waals surface area contributed by atoms with E-state index in [1.165, 1.54) is 12.1 Å². The van der Waals surface area contributed by atoms with E-state index in [9.17, 15) is 4.39 Å². The molecule has 0 atom stereocenters. The van der Waals surface area contributed by atoms with Crippen molar-refractivity contribution in [2.45, 2.75) is 27.3 Å². The van der Waals surface area contributed by atoms with Gasteiger partial charge in [-0.1, -0.05) is 0 Å². The number of nitrogen functional groups attached to an aromatic ring is 1. The molecule has 0 aliphatic carbocycles. The van der Waals surface area contributed by atoms with E-state index in [0.717, 1.165) is 40.1 Å². The van der Waals surface area contributed by atoms with Gasteiger partial charge in [-0.3, -0.25) is 0 Å². The average Bonchev–Trinajstić information content (AvgIpc) is 2.80. The second-order valence-electron chi connectivity index (χ2n) is 5.32. The molecule has 0 aliphatic rings. The van der Waals surface area contributed by atoms with Crippen LogP contribution in [0.1, 0.15) is 18.1 Å². The summed E-state index contributed by atoms with van der Waals surface area (Å²) >= 11 is 0. The molecule has 4 heteroatoms. The average molecular weight is 283 g/mol. The Morgan fingerprint density at radius 1 is 1.19 bits per heavy atom. The summed E-state index contributed by atoms with van der Waals surface area (Å²) in [5, 5.41) is 0. The molecule has 1 heterocycles. The summed E-state index contributed by atoms with van der Waals surface area (Å²) in [7, 11) is 0. The summed E-state index contributed by atoms with van der Waals surface area (Å²) in [5.74, 6) is 0.593. The van der Waals surface area contributed by atoms with E-state index in [1.54, 1.807) is 6.07 Å². The van der Waals surface area contributed by atoms with Crippen LogP contribution in [-0.4, -0.2) is 9.55 Å². The quantitative estimate of drug-likeness (QED) is 0.721. The number of aryl methyl sites for hydroxylation is 2. The molecule has 108 valence electrons. The molecule has 0 radical (unpaired) electrons. The number of rotatable bonds is 2. The van der Waals surface area contributed by atoms with Gasteiger partial charge in [0.2, 0.25) is 0 Å². The van der Waals surface area contributed by atoms with Crippen molar-refractivity contribution >= 4 is 16.7 Å². The van der Waals surface area contributed by atoms with E-state index in [0.29, 0.717) is 5.69 Å². The molecule has 0 saturated carbocycles. The number of nitrogens with zero attached hydrogens (tertiary/aromatic N) is 2. The van der Waals surface area contributed by atoms with Gasteiger partial charge in [0.15, 0.2) is 0 Å². The van der Waals surface area contributed by atoms with E-state index in [4.69, 9.17) is 5.73 Å². The highest BCUT2D eigenvalue weighted by molar-refractivity contribution is 5.82. The molecule has 0 fully saturated rings. The van der Waals surface area contributed by atoms with Crippen molar-refractivity contribution in [1.29, 1.82) is 0 Å². The lowest BCUT2D eigenvalue weighted by molar-refractivity contribution is 0.628. The predicted molar refractivity (Wildman–Crippen MR) is 84.7 cm³/mol. The van der Waals surface area contributed by atoms with Crippen LogP contribution >= 0.6 is 0 Å². The molecule has 3 aromatic rings. The van der Waals surface area contributed by atoms with Gasteiger partial charge in [0.25, 0.3) is 0 Å². The number of nitrogens with two attached hydrogens (primary N) is 1. The number of hydrogen-bond donors (Lipinski definition) is 1. The first-order valence-corrected chi connectivity index (χ1v) is 7.04. The monoisotopic (exact) mass is 283 g/mol. The van der Waals surface area contributed by atoms with Crippen LogP contribution in [0.2, 0.25) is 0 Å². The Morgan fingerprint density at radius 2 is 1.95 bits per heavy atom. The van der Waals surface area contributed by atoms with Gasteiger partial charge < -0.3 is 10.3 Å². The molecule has 0 aliphatic heterocycles. The minimum atomic E-state index is -0.246. The van der Waals surface area contributed by atoms with Crippen molar-refractivity contribution in [3.05, 3.63) is 47.3 Å². The first-order chi connectivity index (χ1) is 10.0. The molecule has 1 aromatic heterocycles. The van der Waals surface area contributed by atoms with Crippen molar-refractivity contribution in [2.24, 2.45) is 0 Å². The van der Waals surface area contributed by atoms with Crippen LogP contribution < -0.4 is 5.73 Å². The van der Waals surface area contributed by atoms with Crippen LogP contribution in [0.5, 0.6) is 0 Å². The third kappa shape index (κ3) is 2.17. The second kappa shape index (κ2) is 4.88. The zero-order valence-corrected chi connectivity index (χ0v) is 12.4. The molecule has 2 N–H and O–H groups in total. The molecule has 0 saturated heterocycles. The predicted octanol–water partition coefficient (Wildman–Crippen LogP) is 4.06. The third-order valence-electron chi connectivity index (χ3n) is 3.96. The van der Waals surface area contributed by atoms with Crippen molar-refractivity contribution in [1.82, 2.24) is 9.55 Å². The van der Waals surface area contributed by atoms with E-state index in [2.05, 4.69) is 11.9 Å². The molecule has 0 amide bonds.